The predicted octanol–water partition coefficient (Wildman–Crippen LogP) is 3.52. The van der Waals surface area contributed by atoms with Gasteiger partial charge in [0, 0.05) is 51.4 Å². The Bertz CT molecular complexity index is 1350. The number of nitriles is 1. The molecule has 1 N–H and O–H groups in total. The molecule has 2 aromatic heterocycles. The molecule has 0 spiro atoms. The predicted molar refractivity (Wildman–Crippen MR) is 138 cm³/mol. The molecule has 5 rings (SSSR count). The number of halogens is 3. The molecule has 2 fully saturated rings. The molecule has 206 valence electrons. The molecule has 0 bridgehead atoms. The van der Waals surface area contributed by atoms with Crippen LogP contribution in [0.25, 0.3) is 22.3 Å². The molecule has 39 heavy (non-hydrogen) atoms. The number of benzene rings is 1. The fourth-order valence-corrected chi connectivity index (χ4v) is 5.11. The molecule has 0 saturated carbocycles. The summed E-state index contributed by atoms with van der Waals surface area (Å²) in [6, 6.07) is 7.33. The number of pyridine rings is 1. The van der Waals surface area contributed by atoms with Crippen molar-refractivity contribution in [3.8, 4) is 23.1 Å². The van der Waals surface area contributed by atoms with Gasteiger partial charge in [0.25, 0.3) is 0 Å². The number of nitrogens with one attached hydrogen (secondary N) is 1. The summed E-state index contributed by atoms with van der Waals surface area (Å²) in [5.41, 5.74) is 0.502. The number of fused-ring (bicyclic) bond motifs is 1. The van der Waals surface area contributed by atoms with Gasteiger partial charge in [0.2, 0.25) is 5.91 Å². The summed E-state index contributed by atoms with van der Waals surface area (Å²) in [5, 5.41) is 9.37. The Morgan fingerprint density at radius 3 is 2.54 bits per heavy atom. The van der Waals surface area contributed by atoms with Crippen LogP contribution in [0.4, 0.5) is 13.2 Å². The van der Waals surface area contributed by atoms with Crippen LogP contribution in [0.1, 0.15) is 30.5 Å². The lowest BCUT2D eigenvalue weighted by molar-refractivity contribution is -0.139. The van der Waals surface area contributed by atoms with Crippen molar-refractivity contribution in [3.63, 3.8) is 0 Å². The molecule has 0 radical (unpaired) electrons. The fourth-order valence-electron chi connectivity index (χ4n) is 5.11. The Hall–Kier alpha value is -3.69. The Labute approximate surface area is 224 Å². The van der Waals surface area contributed by atoms with Crippen molar-refractivity contribution in [1.82, 2.24) is 29.7 Å². The molecule has 0 unspecified atom stereocenters. The molecule has 2 saturated heterocycles. The molecule has 9 nitrogen and oxygen atoms in total. The van der Waals surface area contributed by atoms with E-state index in [1.165, 1.54) is 18.5 Å². The van der Waals surface area contributed by atoms with E-state index >= 15 is 0 Å². The number of H-pyrrole nitrogens is 1. The number of hydrogen-bond donors (Lipinski definition) is 1. The zero-order chi connectivity index (χ0) is 27.4. The first kappa shape index (κ1) is 26.9. The van der Waals surface area contributed by atoms with E-state index in [0.29, 0.717) is 30.5 Å². The molecule has 4 heterocycles. The molecule has 0 aliphatic carbocycles. The van der Waals surface area contributed by atoms with Crippen LogP contribution < -0.4 is 4.74 Å². The van der Waals surface area contributed by atoms with Crippen LogP contribution in [0.3, 0.4) is 0 Å². The molecular weight excluding hydrogens is 511 g/mol. The van der Waals surface area contributed by atoms with Crippen LogP contribution in [0, 0.1) is 11.3 Å². The van der Waals surface area contributed by atoms with E-state index in [0.717, 1.165) is 58.2 Å². The van der Waals surface area contributed by atoms with E-state index in [1.807, 2.05) is 11.0 Å². The van der Waals surface area contributed by atoms with Gasteiger partial charge in [-0.15, -0.1) is 0 Å². The van der Waals surface area contributed by atoms with Gasteiger partial charge in [-0.2, -0.15) is 18.4 Å². The van der Waals surface area contributed by atoms with Crippen molar-refractivity contribution in [2.45, 2.75) is 25.4 Å². The van der Waals surface area contributed by atoms with Gasteiger partial charge in [-0.3, -0.25) is 9.69 Å². The second-order valence-corrected chi connectivity index (χ2v) is 9.88. The second kappa shape index (κ2) is 11.6. The van der Waals surface area contributed by atoms with Crippen LogP contribution in [0.5, 0.6) is 5.75 Å². The largest absolute Gasteiger partial charge is 0.493 e. The number of carbonyl (C=O) groups is 1. The minimum atomic E-state index is -4.62. The van der Waals surface area contributed by atoms with Crippen molar-refractivity contribution >= 4 is 16.9 Å². The number of hydrogen-bond acceptors (Lipinski definition) is 7. The van der Waals surface area contributed by atoms with Gasteiger partial charge < -0.3 is 19.5 Å². The molecule has 2 aliphatic heterocycles. The van der Waals surface area contributed by atoms with Crippen LogP contribution in [0.2, 0.25) is 0 Å². The third kappa shape index (κ3) is 6.32. The molecule has 0 atom stereocenters. The number of nitrogens with zero attached hydrogens (tertiary/aromatic N) is 6. The Kier molecular flexibility index (Phi) is 7.99. The number of amides is 1. The minimum absolute atomic E-state index is 0.0386. The lowest BCUT2D eigenvalue weighted by Crippen LogP contribution is -2.50. The SMILES string of the molecule is N#Cc1nc(-c2ccc(OCCCN3CCN(CC(=O)N4CCCC4)CC3)c(C(F)(F)F)c2)cc2[nH]cnc12. The van der Waals surface area contributed by atoms with Crippen molar-refractivity contribution < 1.29 is 22.7 Å². The van der Waals surface area contributed by atoms with Gasteiger partial charge in [-0.05, 0) is 43.5 Å². The van der Waals surface area contributed by atoms with Gasteiger partial charge in [-0.1, -0.05) is 0 Å². The van der Waals surface area contributed by atoms with Gasteiger partial charge in [0.1, 0.15) is 17.3 Å². The highest BCUT2D eigenvalue weighted by Gasteiger charge is 2.35. The highest BCUT2D eigenvalue weighted by atomic mass is 19.4. The first-order valence-electron chi connectivity index (χ1n) is 13.1. The Balaban J connectivity index is 1.15. The number of carbonyl (C=O) groups excluding carboxylic acids is 1. The number of aromatic nitrogens is 3. The lowest BCUT2D eigenvalue weighted by atomic mass is 10.1. The number of likely N-dealkylation sites (tertiary alicyclic amines) is 1. The summed E-state index contributed by atoms with van der Waals surface area (Å²) < 4.78 is 47.3. The highest BCUT2D eigenvalue weighted by molar-refractivity contribution is 5.83. The average Bonchev–Trinajstić information content (AvgIpc) is 3.64. The standard InChI is InChI=1S/C27H30F3N7O2/c28-27(29,30)20-14-19(21-15-22-26(33-18-32-22)23(16-31)34-21)4-5-24(20)39-13-3-6-35-9-11-36(12-10-35)17-25(38)37-7-1-2-8-37/h4-5,14-15,18H,1-3,6-13,17H2,(H,32,33). The molecule has 1 amide bonds. The van der Waals surface area contributed by atoms with Crippen LogP contribution in [-0.4, -0.2) is 94.5 Å². The summed E-state index contributed by atoms with van der Waals surface area (Å²) in [4.78, 5) is 29.8. The number of piperazine rings is 1. The number of ether oxygens (including phenoxy) is 1. The van der Waals surface area contributed by atoms with Crippen molar-refractivity contribution in [2.24, 2.45) is 0 Å². The third-order valence-electron chi connectivity index (χ3n) is 7.25. The monoisotopic (exact) mass is 541 g/mol. The van der Waals surface area contributed by atoms with Crippen molar-refractivity contribution in [1.29, 1.82) is 5.26 Å². The number of alkyl halides is 3. The van der Waals surface area contributed by atoms with Crippen LogP contribution in [0.15, 0.2) is 30.6 Å². The highest BCUT2D eigenvalue weighted by Crippen LogP contribution is 2.39. The van der Waals surface area contributed by atoms with Crippen LogP contribution in [-0.2, 0) is 11.0 Å². The van der Waals surface area contributed by atoms with E-state index in [2.05, 4.69) is 24.8 Å². The smallest absolute Gasteiger partial charge is 0.419 e. The Morgan fingerprint density at radius 1 is 1.08 bits per heavy atom. The quantitative estimate of drug-likeness (QED) is 0.436. The normalized spacial score (nSPS) is 17.0. The van der Waals surface area contributed by atoms with E-state index in [4.69, 9.17) is 4.74 Å². The maximum Gasteiger partial charge on any atom is 0.419 e. The summed E-state index contributed by atoms with van der Waals surface area (Å²) in [5.74, 6) is -0.0383. The summed E-state index contributed by atoms with van der Waals surface area (Å²) >= 11 is 0. The number of rotatable bonds is 8. The van der Waals surface area contributed by atoms with E-state index < -0.39 is 11.7 Å². The minimum Gasteiger partial charge on any atom is -0.493 e. The van der Waals surface area contributed by atoms with Crippen molar-refractivity contribution in [3.05, 3.63) is 41.9 Å². The van der Waals surface area contributed by atoms with Gasteiger partial charge in [0.15, 0.2) is 5.69 Å². The topological polar surface area (TPSA) is 101 Å². The summed E-state index contributed by atoms with van der Waals surface area (Å²) in [7, 11) is 0. The Morgan fingerprint density at radius 2 is 1.82 bits per heavy atom. The first-order chi connectivity index (χ1) is 18.8. The first-order valence-corrected chi connectivity index (χ1v) is 13.1. The molecule has 12 heteroatoms. The molecule has 2 aliphatic rings. The van der Waals surface area contributed by atoms with E-state index in [9.17, 15) is 23.2 Å². The second-order valence-electron chi connectivity index (χ2n) is 9.88. The zero-order valence-corrected chi connectivity index (χ0v) is 21.5. The lowest BCUT2D eigenvalue weighted by Gasteiger charge is -2.35. The average molecular weight is 542 g/mol. The van der Waals surface area contributed by atoms with E-state index in [1.54, 1.807) is 6.07 Å². The maximum absolute atomic E-state index is 13.9. The molecular formula is C27H30F3N7O2. The fraction of sp³-hybridized carbons (Fsp3) is 0.481. The van der Waals surface area contributed by atoms with Crippen LogP contribution >= 0.6 is 0 Å². The van der Waals surface area contributed by atoms with Crippen molar-refractivity contribution in [2.75, 3.05) is 59.0 Å². The van der Waals surface area contributed by atoms with Gasteiger partial charge in [0.05, 0.1) is 36.3 Å². The van der Waals surface area contributed by atoms with Gasteiger partial charge in [-0.25, -0.2) is 9.97 Å². The third-order valence-corrected chi connectivity index (χ3v) is 7.25. The summed E-state index contributed by atoms with van der Waals surface area (Å²) in [6.45, 7) is 6.25. The molecule has 1 aromatic carbocycles. The maximum atomic E-state index is 13.9. The van der Waals surface area contributed by atoms with E-state index in [-0.39, 0.29) is 35.2 Å². The molecule has 3 aromatic rings. The number of aromatic amines is 1. The van der Waals surface area contributed by atoms with Gasteiger partial charge >= 0.3 is 6.18 Å². The number of imidazole rings is 1. The zero-order valence-electron chi connectivity index (χ0n) is 21.5. The summed E-state index contributed by atoms with van der Waals surface area (Å²) in [6.07, 6.45) is -0.470.